The van der Waals surface area contributed by atoms with Crippen molar-refractivity contribution in [3.8, 4) is 0 Å². The molecule has 0 aromatic heterocycles. The molecule has 3 N–H and O–H groups in total. The quantitative estimate of drug-likeness (QED) is 0.734. The van der Waals surface area contributed by atoms with Gasteiger partial charge in [0.25, 0.3) is 0 Å². The van der Waals surface area contributed by atoms with Gasteiger partial charge in [-0.25, -0.2) is 0 Å². The van der Waals surface area contributed by atoms with Crippen molar-refractivity contribution in [3.63, 3.8) is 0 Å². The van der Waals surface area contributed by atoms with E-state index >= 15 is 0 Å². The van der Waals surface area contributed by atoms with Gasteiger partial charge < -0.3 is 11.1 Å². The molecule has 0 aromatic rings. The zero-order valence-electron chi connectivity index (χ0n) is 10.6. The van der Waals surface area contributed by atoms with Gasteiger partial charge in [-0.15, -0.1) is 12.4 Å². The van der Waals surface area contributed by atoms with Crippen LogP contribution in [-0.4, -0.2) is 18.0 Å². The second-order valence-electron chi connectivity index (χ2n) is 5.93. The van der Waals surface area contributed by atoms with Crippen LogP contribution in [0.15, 0.2) is 0 Å². The Kier molecular flexibility index (Phi) is 5.77. The van der Waals surface area contributed by atoms with Gasteiger partial charge in [-0.05, 0) is 31.1 Å². The van der Waals surface area contributed by atoms with Crippen LogP contribution in [0.4, 0.5) is 0 Å². The fourth-order valence-corrected chi connectivity index (χ4v) is 1.52. The van der Waals surface area contributed by atoms with Crippen LogP contribution in [0.25, 0.3) is 0 Å². The first-order valence-electron chi connectivity index (χ1n) is 5.91. The molecule has 0 spiro atoms. The average Bonchev–Trinajstić information content (AvgIpc) is 2.82. The van der Waals surface area contributed by atoms with Crippen molar-refractivity contribution in [1.29, 1.82) is 0 Å². The van der Waals surface area contributed by atoms with Crippen LogP contribution >= 0.6 is 12.4 Å². The van der Waals surface area contributed by atoms with Crippen LogP contribution in [0.2, 0.25) is 0 Å². The van der Waals surface area contributed by atoms with Gasteiger partial charge in [-0.2, -0.15) is 0 Å². The molecule has 1 aliphatic rings. The standard InChI is InChI=1S/C12H24N2O.ClH/c1-11(2,3)6-4-5-9-14-10(15)12(13)7-8-12;/h4-9,13H2,1-3H3,(H,14,15);1H. The maximum Gasteiger partial charge on any atom is 0.240 e. The maximum absolute atomic E-state index is 11.5. The van der Waals surface area contributed by atoms with Gasteiger partial charge in [-0.1, -0.05) is 27.2 Å². The van der Waals surface area contributed by atoms with E-state index in [4.69, 9.17) is 5.73 Å². The minimum absolute atomic E-state index is 0. The number of hydrogen-bond acceptors (Lipinski definition) is 2. The Hall–Kier alpha value is -0.280. The first kappa shape index (κ1) is 15.7. The molecule has 0 unspecified atom stereocenters. The van der Waals surface area contributed by atoms with E-state index in [9.17, 15) is 4.79 Å². The number of nitrogens with two attached hydrogens (primary N) is 1. The Morgan fingerprint density at radius 1 is 1.31 bits per heavy atom. The van der Waals surface area contributed by atoms with Crippen molar-refractivity contribution in [1.82, 2.24) is 5.32 Å². The molecule has 4 heteroatoms. The van der Waals surface area contributed by atoms with Crippen molar-refractivity contribution >= 4 is 18.3 Å². The van der Waals surface area contributed by atoms with Crippen molar-refractivity contribution in [3.05, 3.63) is 0 Å². The van der Waals surface area contributed by atoms with E-state index in [0.29, 0.717) is 5.41 Å². The number of carbonyl (C=O) groups is 1. The molecule has 16 heavy (non-hydrogen) atoms. The summed E-state index contributed by atoms with van der Waals surface area (Å²) in [7, 11) is 0. The molecular formula is C12H25ClN2O. The molecule has 1 fully saturated rings. The first-order valence-corrected chi connectivity index (χ1v) is 5.91. The largest absolute Gasteiger partial charge is 0.355 e. The maximum atomic E-state index is 11.5. The van der Waals surface area contributed by atoms with Crippen LogP contribution in [-0.2, 0) is 4.79 Å². The van der Waals surface area contributed by atoms with E-state index in [1.807, 2.05) is 0 Å². The number of rotatable bonds is 5. The highest BCUT2D eigenvalue weighted by atomic mass is 35.5. The number of hydrogen-bond donors (Lipinski definition) is 2. The number of nitrogens with one attached hydrogen (secondary N) is 1. The topological polar surface area (TPSA) is 55.1 Å². The van der Waals surface area contributed by atoms with Gasteiger partial charge in [0.15, 0.2) is 0 Å². The van der Waals surface area contributed by atoms with Gasteiger partial charge in [0, 0.05) is 6.54 Å². The number of unbranched alkanes of at least 4 members (excludes halogenated alkanes) is 1. The monoisotopic (exact) mass is 248 g/mol. The molecule has 0 atom stereocenters. The minimum atomic E-state index is -0.510. The molecule has 0 bridgehead atoms. The SMILES string of the molecule is CC(C)(C)CCCCNC(=O)C1(N)CC1.Cl. The van der Waals surface area contributed by atoms with Gasteiger partial charge in [0.1, 0.15) is 0 Å². The summed E-state index contributed by atoms with van der Waals surface area (Å²) in [5.74, 6) is 0.0401. The molecule has 0 heterocycles. The van der Waals surface area contributed by atoms with E-state index in [2.05, 4.69) is 26.1 Å². The average molecular weight is 249 g/mol. The predicted octanol–water partition coefficient (Wildman–Crippen LogP) is 2.23. The molecular weight excluding hydrogens is 224 g/mol. The van der Waals surface area contributed by atoms with Gasteiger partial charge >= 0.3 is 0 Å². The lowest BCUT2D eigenvalue weighted by atomic mass is 9.90. The van der Waals surface area contributed by atoms with E-state index in [0.717, 1.165) is 25.8 Å². The number of amides is 1. The highest BCUT2D eigenvalue weighted by Crippen LogP contribution is 2.32. The van der Waals surface area contributed by atoms with E-state index in [-0.39, 0.29) is 18.3 Å². The van der Waals surface area contributed by atoms with Crippen LogP contribution in [0.3, 0.4) is 0 Å². The molecule has 3 nitrogen and oxygen atoms in total. The fraction of sp³-hybridized carbons (Fsp3) is 0.917. The Labute approximate surface area is 105 Å². The summed E-state index contributed by atoms with van der Waals surface area (Å²) in [6.45, 7) is 7.49. The summed E-state index contributed by atoms with van der Waals surface area (Å²) in [6.07, 6.45) is 5.12. The zero-order valence-corrected chi connectivity index (χ0v) is 11.5. The van der Waals surface area contributed by atoms with Crippen molar-refractivity contribution in [2.75, 3.05) is 6.54 Å². The molecule has 1 amide bonds. The van der Waals surface area contributed by atoms with Crippen molar-refractivity contribution in [2.24, 2.45) is 11.1 Å². The van der Waals surface area contributed by atoms with Crippen molar-refractivity contribution in [2.45, 2.75) is 58.4 Å². The summed E-state index contributed by atoms with van der Waals surface area (Å²) in [4.78, 5) is 11.5. The Balaban J connectivity index is 0.00000225. The molecule has 1 rings (SSSR count). The second kappa shape index (κ2) is 5.87. The molecule has 1 saturated carbocycles. The van der Waals surface area contributed by atoms with Gasteiger partial charge in [-0.3, -0.25) is 4.79 Å². The highest BCUT2D eigenvalue weighted by molar-refractivity contribution is 5.88. The smallest absolute Gasteiger partial charge is 0.240 e. The fourth-order valence-electron chi connectivity index (χ4n) is 1.52. The van der Waals surface area contributed by atoms with E-state index in [1.54, 1.807) is 0 Å². The van der Waals surface area contributed by atoms with E-state index < -0.39 is 5.54 Å². The Morgan fingerprint density at radius 2 is 1.88 bits per heavy atom. The van der Waals surface area contributed by atoms with Crippen LogP contribution in [0.5, 0.6) is 0 Å². The Morgan fingerprint density at radius 3 is 2.31 bits per heavy atom. The van der Waals surface area contributed by atoms with Crippen LogP contribution < -0.4 is 11.1 Å². The third-order valence-electron chi connectivity index (χ3n) is 2.88. The minimum Gasteiger partial charge on any atom is -0.355 e. The second-order valence-corrected chi connectivity index (χ2v) is 5.93. The normalized spacial score (nSPS) is 17.5. The molecule has 96 valence electrons. The summed E-state index contributed by atoms with van der Waals surface area (Å²) < 4.78 is 0. The van der Waals surface area contributed by atoms with Gasteiger partial charge in [0.2, 0.25) is 5.91 Å². The number of halogens is 1. The third kappa shape index (κ3) is 5.71. The van der Waals surface area contributed by atoms with E-state index in [1.165, 1.54) is 12.8 Å². The Bertz CT molecular complexity index is 232. The lowest BCUT2D eigenvalue weighted by Crippen LogP contribution is -2.43. The molecule has 0 aliphatic heterocycles. The molecule has 1 aliphatic carbocycles. The highest BCUT2D eigenvalue weighted by Gasteiger charge is 2.45. The lowest BCUT2D eigenvalue weighted by Gasteiger charge is -2.17. The molecule has 0 saturated heterocycles. The summed E-state index contributed by atoms with van der Waals surface area (Å²) >= 11 is 0. The number of carbonyl (C=O) groups excluding carboxylic acids is 1. The van der Waals surface area contributed by atoms with Crippen LogP contribution in [0, 0.1) is 5.41 Å². The summed E-state index contributed by atoms with van der Waals surface area (Å²) in [6, 6.07) is 0. The van der Waals surface area contributed by atoms with Gasteiger partial charge in [0.05, 0.1) is 5.54 Å². The summed E-state index contributed by atoms with van der Waals surface area (Å²) in [5, 5.41) is 2.91. The first-order chi connectivity index (χ1) is 6.83. The zero-order chi connectivity index (χ0) is 11.5. The van der Waals surface area contributed by atoms with Crippen LogP contribution in [0.1, 0.15) is 52.9 Å². The molecule has 0 aromatic carbocycles. The summed E-state index contributed by atoms with van der Waals surface area (Å²) in [5.41, 5.74) is 5.65. The third-order valence-corrected chi connectivity index (χ3v) is 2.88. The van der Waals surface area contributed by atoms with Crippen molar-refractivity contribution < 1.29 is 4.79 Å². The molecule has 0 radical (unpaired) electrons. The lowest BCUT2D eigenvalue weighted by molar-refractivity contribution is -0.123. The predicted molar refractivity (Wildman–Crippen MR) is 69.7 cm³/mol.